The normalized spacial score (nSPS) is 9.50. The van der Waals surface area contributed by atoms with Crippen LogP contribution in [0.5, 0.6) is 0 Å². The Labute approximate surface area is 917 Å². The van der Waals surface area contributed by atoms with Crippen molar-refractivity contribution in [2.24, 2.45) is 0 Å². The van der Waals surface area contributed by atoms with Gasteiger partial charge in [0.05, 0.1) is 61.0 Å². The zero-order valence-corrected chi connectivity index (χ0v) is 82.8. The average molecular weight is 1810 g/mol. The molecule has 566 valence electrons. The van der Waals surface area contributed by atoms with Crippen LogP contribution >= 0.6 is 0 Å². The standard InChI is InChI=1S/7C6H8O7.6Ca.6Na.6H2O/c7*7-3(8)1-6(13,5(11)12)2-4(9)10;;;;;;;;;;;;;;;;;;/h7*13H,1-2H2,(H,7,8)(H,9,10)(H,11,12);;;;;;;;;;;;;6*1H2/q;;;;;;;6*+2;6*+1;;;;;;/p-18. The van der Waals surface area contributed by atoms with Crippen LogP contribution in [0.15, 0.2) is 0 Å². The van der Waals surface area contributed by atoms with Gasteiger partial charge in [-0.1, -0.05) is 0 Å². The molecule has 1 atom stereocenters. The number of hydrogen-bond donors (Lipinski definition) is 10. The Morgan fingerprint density at radius 3 is 0.266 bits per heavy atom. The first-order valence-electron chi connectivity index (χ1n) is 21.8. The molecule has 0 radical (unpaired) electrons. The van der Waals surface area contributed by atoms with Crippen LogP contribution in [0.4, 0.5) is 0 Å². The molecule has 109 heavy (non-hydrogen) atoms. The summed E-state index contributed by atoms with van der Waals surface area (Å²) in [4.78, 5) is 210. The van der Waals surface area contributed by atoms with Crippen molar-refractivity contribution in [1.82, 2.24) is 0 Å². The van der Waals surface area contributed by atoms with Crippen molar-refractivity contribution in [3.63, 3.8) is 0 Å². The number of carbonyl (C=O) groups is 21. The van der Waals surface area contributed by atoms with Gasteiger partial charge in [0.25, 0.3) is 0 Å². The molecular formula is C42H50Ca6Na6O55. The summed E-state index contributed by atoms with van der Waals surface area (Å²) in [5, 5.41) is 267. The van der Waals surface area contributed by atoms with Gasteiger partial charge in [-0.2, -0.15) is 0 Å². The molecule has 0 aromatic heterocycles. The van der Waals surface area contributed by atoms with Crippen molar-refractivity contribution < 1.29 is 454 Å². The second kappa shape index (κ2) is 89.2. The molecule has 22 N–H and O–H groups in total. The number of rotatable bonds is 35. The van der Waals surface area contributed by atoms with Gasteiger partial charge in [0.15, 0.2) is 0 Å². The SMILES string of the molecule is O.O.O.O.O.O.O=C(O)CC(O)(CC(=O)O)C(=O)[O-].O=C([O-])CC(O)(CC(=O)O)C(=O)[O-].O=C([O-])CC(O)(CC(=O)[O-])C(=O)[O-].O=C([O-])CC(O)(CC(=O)[O-])C(=O)[O-].O=C([O-])CC(O)(CC(=O)[O-])C(=O)[O-].O=C([O-])CC(O)(CC(=O)[O-])C(=O)[O-].O=C([O-])CC(O)(CC(=O)[O-])C(=O)[O-].[Ca+2].[Ca+2].[Ca+2].[Ca+2].[Ca+2].[Ca+2].[Na+].[Na+].[Na+].[Na+].[Na+].[Na+]. The summed E-state index contributed by atoms with van der Waals surface area (Å²) in [5.74, 6) is -40.9. The topological polar surface area (TPSA) is 1160 Å². The van der Waals surface area contributed by atoms with Gasteiger partial charge in [-0.3, -0.25) is 14.4 Å². The predicted octanol–water partition coefficient (Wildman–Crippen LogP) is -58.0. The number of carbonyl (C=O) groups excluding carboxylic acids is 18. The van der Waals surface area contributed by atoms with E-state index in [1.54, 1.807) is 0 Å². The van der Waals surface area contributed by atoms with Crippen LogP contribution in [0.25, 0.3) is 0 Å². The summed E-state index contributed by atoms with van der Waals surface area (Å²) in [7, 11) is 0. The molecule has 0 aliphatic carbocycles. The van der Waals surface area contributed by atoms with E-state index in [4.69, 9.17) is 51.1 Å². The Kier molecular flexibility index (Phi) is 149. The smallest absolute Gasteiger partial charge is 0.550 e. The van der Waals surface area contributed by atoms with Crippen molar-refractivity contribution in [3.05, 3.63) is 0 Å². The molecule has 0 rings (SSSR count). The van der Waals surface area contributed by atoms with E-state index in [1.165, 1.54) is 0 Å². The minimum absolute atomic E-state index is 0. The van der Waals surface area contributed by atoms with Gasteiger partial charge in [0, 0.05) is 136 Å². The van der Waals surface area contributed by atoms with Gasteiger partial charge in [0.1, 0.15) is 39.2 Å². The van der Waals surface area contributed by atoms with Gasteiger partial charge in [0.2, 0.25) is 0 Å². The number of aliphatic carboxylic acids is 21. The molecule has 1 unspecified atom stereocenters. The molecule has 0 aromatic rings. The molecule has 0 bridgehead atoms. The third kappa shape index (κ3) is 98.6. The summed E-state index contributed by atoms with van der Waals surface area (Å²) in [6, 6.07) is 0. The zero-order valence-electron chi connectivity index (χ0n) is 57.5. The van der Waals surface area contributed by atoms with E-state index in [0.29, 0.717) is 0 Å². The fraction of sp³-hybridized carbons (Fsp3) is 0.500. The van der Waals surface area contributed by atoms with Crippen LogP contribution in [-0.4, -0.2) is 475 Å². The fourth-order valence-electron chi connectivity index (χ4n) is 4.82. The minimum atomic E-state index is -2.97. The van der Waals surface area contributed by atoms with Crippen molar-refractivity contribution >= 4 is 352 Å². The van der Waals surface area contributed by atoms with Crippen LogP contribution in [0.1, 0.15) is 89.9 Å². The van der Waals surface area contributed by atoms with Crippen LogP contribution in [0.2, 0.25) is 0 Å². The molecular weight excluding hydrogens is 1760 g/mol. The van der Waals surface area contributed by atoms with Crippen LogP contribution in [0.3, 0.4) is 0 Å². The Hall–Kier alpha value is 1.91. The van der Waals surface area contributed by atoms with Crippen LogP contribution in [-0.2, 0) is 101 Å². The summed E-state index contributed by atoms with van der Waals surface area (Å²) < 4.78 is 0. The number of aliphatic hydroxyl groups is 7. The Balaban J connectivity index is -0.0000000320. The zero-order chi connectivity index (χ0) is 74.5. The first-order chi connectivity index (χ1) is 40.4. The fourth-order valence-corrected chi connectivity index (χ4v) is 4.82. The Bertz CT molecular complexity index is 2170. The third-order valence-electron chi connectivity index (χ3n) is 8.80. The Morgan fingerprint density at radius 2 is 0.220 bits per heavy atom. The van der Waals surface area contributed by atoms with E-state index in [9.17, 15) is 193 Å². The summed E-state index contributed by atoms with van der Waals surface area (Å²) in [6.07, 6.45) is -18.6. The summed E-state index contributed by atoms with van der Waals surface area (Å²) >= 11 is 0. The first-order valence-corrected chi connectivity index (χ1v) is 21.8. The Morgan fingerprint density at radius 1 is 0.165 bits per heavy atom. The molecule has 67 heteroatoms. The second-order valence-corrected chi connectivity index (χ2v) is 17.0. The maximum Gasteiger partial charge on any atom is 2.00 e. The van der Waals surface area contributed by atoms with Gasteiger partial charge < -0.3 is 262 Å². The number of carboxylic acids is 21. The molecule has 0 aromatic carbocycles. The van der Waals surface area contributed by atoms with Gasteiger partial charge in [-0.25, -0.2) is 0 Å². The molecule has 0 saturated carbocycles. The third-order valence-corrected chi connectivity index (χ3v) is 8.80. The van der Waals surface area contributed by atoms with Gasteiger partial charge in [-0.05, 0) is 0 Å². The monoisotopic (exact) mass is 1810 g/mol. The summed E-state index contributed by atoms with van der Waals surface area (Å²) in [5.41, 5.74) is -20.6. The maximum absolute atomic E-state index is 10.2. The predicted molar refractivity (Wildman–Crippen MR) is 269 cm³/mol. The maximum atomic E-state index is 10.2. The van der Waals surface area contributed by atoms with E-state index in [1.807, 2.05) is 0 Å². The van der Waals surface area contributed by atoms with Crippen LogP contribution in [0, 0.1) is 0 Å². The van der Waals surface area contributed by atoms with Gasteiger partial charge in [-0.15, -0.1) is 0 Å². The van der Waals surface area contributed by atoms with Crippen LogP contribution < -0.4 is 269 Å². The van der Waals surface area contributed by atoms with E-state index in [-0.39, 0.29) is 437 Å². The minimum Gasteiger partial charge on any atom is -0.550 e. The average Bonchev–Trinajstić information content (AvgIpc) is 3.26. The molecule has 0 fully saturated rings. The molecule has 0 aliphatic heterocycles. The second-order valence-electron chi connectivity index (χ2n) is 17.0. The van der Waals surface area contributed by atoms with Crippen molar-refractivity contribution in [2.45, 2.75) is 129 Å². The number of carboxylic acid groups (broad SMARTS) is 21. The molecule has 0 saturated heterocycles. The van der Waals surface area contributed by atoms with Crippen molar-refractivity contribution in [2.75, 3.05) is 0 Å². The van der Waals surface area contributed by atoms with E-state index in [2.05, 4.69) is 0 Å². The first kappa shape index (κ1) is 182. The molecule has 0 heterocycles. The number of hydrogen-bond acceptors (Lipinski definition) is 46. The largest absolute Gasteiger partial charge is 2.00 e. The van der Waals surface area contributed by atoms with E-state index in [0.717, 1.165) is 0 Å². The van der Waals surface area contributed by atoms with E-state index < -0.39 is 254 Å². The summed E-state index contributed by atoms with van der Waals surface area (Å²) in [6.45, 7) is 0. The van der Waals surface area contributed by atoms with E-state index >= 15 is 0 Å². The molecule has 0 aliphatic rings. The van der Waals surface area contributed by atoms with Gasteiger partial charge >= 0.3 is 422 Å². The van der Waals surface area contributed by atoms with Crippen molar-refractivity contribution in [3.8, 4) is 0 Å². The molecule has 0 amide bonds. The molecule has 55 nitrogen and oxygen atoms in total. The molecule has 0 spiro atoms. The van der Waals surface area contributed by atoms with Crippen molar-refractivity contribution in [1.29, 1.82) is 0 Å². The quantitative estimate of drug-likeness (QED) is 0.0263.